The minimum atomic E-state index is -4.19. The Kier molecular flexibility index (Phi) is 3.67. The molecule has 0 radical (unpaired) electrons. The van der Waals surface area contributed by atoms with E-state index >= 15 is 0 Å². The largest absolute Gasteiger partial charge is 0.493 e. The van der Waals surface area contributed by atoms with Gasteiger partial charge in [-0.3, -0.25) is 0 Å². The first-order valence-corrected chi connectivity index (χ1v) is 4.86. The van der Waals surface area contributed by atoms with Crippen LogP contribution in [0.1, 0.15) is 17.5 Å². The summed E-state index contributed by atoms with van der Waals surface area (Å²) >= 11 is 0. The van der Waals surface area contributed by atoms with Crippen LogP contribution in [0.15, 0.2) is 12.1 Å². The third-order valence-electron chi connectivity index (χ3n) is 2.28. The van der Waals surface area contributed by atoms with Crippen molar-refractivity contribution in [3.05, 3.63) is 23.3 Å². The average Bonchev–Trinajstić information content (AvgIpc) is 2.16. The molecule has 0 aliphatic heterocycles. The molecule has 0 aromatic heterocycles. The molecule has 0 unspecified atom stereocenters. The van der Waals surface area contributed by atoms with Gasteiger partial charge >= 0.3 is 6.18 Å². The minimum Gasteiger partial charge on any atom is -0.493 e. The summed E-state index contributed by atoms with van der Waals surface area (Å²) in [6.07, 6.45) is -5.15. The van der Waals surface area contributed by atoms with Crippen LogP contribution in [0, 0.1) is 13.8 Å². The number of alkyl halides is 3. The summed E-state index contributed by atoms with van der Waals surface area (Å²) in [5, 5.41) is 0. The van der Waals surface area contributed by atoms with Crippen molar-refractivity contribution in [1.82, 2.24) is 0 Å². The monoisotopic (exact) mass is 233 g/mol. The van der Waals surface area contributed by atoms with Crippen LogP contribution in [0.25, 0.3) is 0 Å². The van der Waals surface area contributed by atoms with Crippen molar-refractivity contribution in [2.24, 2.45) is 0 Å². The number of halogens is 3. The van der Waals surface area contributed by atoms with Gasteiger partial charge in [0.05, 0.1) is 13.0 Å². The van der Waals surface area contributed by atoms with Crippen molar-refractivity contribution in [1.29, 1.82) is 0 Å². The van der Waals surface area contributed by atoms with E-state index in [0.29, 0.717) is 17.0 Å². The third kappa shape index (κ3) is 3.32. The summed E-state index contributed by atoms with van der Waals surface area (Å²) in [4.78, 5) is 0. The molecule has 0 heterocycles. The Bertz CT molecular complexity index is 374. The molecule has 0 spiro atoms. The van der Waals surface area contributed by atoms with Crippen LogP contribution in [0.3, 0.4) is 0 Å². The second kappa shape index (κ2) is 4.63. The minimum absolute atomic E-state index is 0.380. The van der Waals surface area contributed by atoms with E-state index in [1.807, 2.05) is 0 Å². The standard InChI is InChI=1S/C11H14F3NO/c1-7-3-4-9(15)8(2)10(7)16-6-5-11(12,13)14/h3-4H,5-6,15H2,1-2H3. The number of hydrogen-bond donors (Lipinski definition) is 1. The molecular weight excluding hydrogens is 219 g/mol. The molecule has 1 aromatic carbocycles. The van der Waals surface area contributed by atoms with Gasteiger partial charge in [-0.25, -0.2) is 0 Å². The first-order chi connectivity index (χ1) is 7.31. The summed E-state index contributed by atoms with van der Waals surface area (Å²) in [6, 6.07) is 3.44. The molecule has 16 heavy (non-hydrogen) atoms. The predicted octanol–water partition coefficient (Wildman–Crippen LogP) is 3.22. The zero-order valence-electron chi connectivity index (χ0n) is 9.19. The Morgan fingerprint density at radius 3 is 2.44 bits per heavy atom. The van der Waals surface area contributed by atoms with E-state index in [-0.39, 0.29) is 6.61 Å². The van der Waals surface area contributed by atoms with Gasteiger partial charge < -0.3 is 10.5 Å². The topological polar surface area (TPSA) is 35.2 Å². The number of nitrogen functional groups attached to an aromatic ring is 1. The van der Waals surface area contributed by atoms with Gasteiger partial charge in [-0.2, -0.15) is 13.2 Å². The summed E-state index contributed by atoms with van der Waals surface area (Å²) < 4.78 is 40.9. The number of nitrogens with two attached hydrogens (primary N) is 1. The molecule has 5 heteroatoms. The maximum Gasteiger partial charge on any atom is 0.392 e. The number of benzene rings is 1. The van der Waals surface area contributed by atoms with Gasteiger partial charge in [-0.15, -0.1) is 0 Å². The van der Waals surface area contributed by atoms with E-state index in [1.165, 1.54) is 0 Å². The fraction of sp³-hybridized carbons (Fsp3) is 0.455. The predicted molar refractivity (Wildman–Crippen MR) is 56.5 cm³/mol. The van der Waals surface area contributed by atoms with Gasteiger partial charge in [0.1, 0.15) is 5.75 Å². The second-order valence-corrected chi connectivity index (χ2v) is 3.64. The van der Waals surface area contributed by atoms with Crippen LogP contribution in [0.5, 0.6) is 5.75 Å². The van der Waals surface area contributed by atoms with Gasteiger partial charge in [0.2, 0.25) is 0 Å². The lowest BCUT2D eigenvalue weighted by Gasteiger charge is -2.14. The van der Waals surface area contributed by atoms with Gasteiger partial charge in [-0.1, -0.05) is 6.07 Å². The van der Waals surface area contributed by atoms with Crippen molar-refractivity contribution in [2.75, 3.05) is 12.3 Å². The molecule has 2 N–H and O–H groups in total. The molecule has 0 fully saturated rings. The Balaban J connectivity index is 2.71. The van der Waals surface area contributed by atoms with Gasteiger partial charge in [-0.05, 0) is 25.5 Å². The molecule has 2 nitrogen and oxygen atoms in total. The van der Waals surface area contributed by atoms with Crippen molar-refractivity contribution in [3.8, 4) is 5.75 Å². The maximum absolute atomic E-state index is 11.9. The van der Waals surface area contributed by atoms with Crippen LogP contribution >= 0.6 is 0 Å². The number of rotatable bonds is 3. The Hall–Kier alpha value is -1.39. The fourth-order valence-corrected chi connectivity index (χ4v) is 1.33. The third-order valence-corrected chi connectivity index (χ3v) is 2.28. The highest BCUT2D eigenvalue weighted by Crippen LogP contribution is 2.28. The molecule has 1 aromatic rings. The number of ether oxygens (including phenoxy) is 1. The Morgan fingerprint density at radius 1 is 1.25 bits per heavy atom. The molecular formula is C11H14F3NO. The smallest absolute Gasteiger partial charge is 0.392 e. The first-order valence-electron chi connectivity index (χ1n) is 4.86. The summed E-state index contributed by atoms with van der Waals surface area (Å²) in [5.41, 5.74) is 7.63. The zero-order chi connectivity index (χ0) is 12.3. The van der Waals surface area contributed by atoms with Gasteiger partial charge in [0.15, 0.2) is 0 Å². The van der Waals surface area contributed by atoms with Crippen LogP contribution in [0.2, 0.25) is 0 Å². The van der Waals surface area contributed by atoms with Crippen molar-refractivity contribution >= 4 is 5.69 Å². The van der Waals surface area contributed by atoms with Crippen LogP contribution < -0.4 is 10.5 Å². The van der Waals surface area contributed by atoms with Crippen molar-refractivity contribution in [3.63, 3.8) is 0 Å². The van der Waals surface area contributed by atoms with Crippen molar-refractivity contribution < 1.29 is 17.9 Å². The molecule has 0 saturated carbocycles. The molecule has 1 rings (SSSR count). The van der Waals surface area contributed by atoms with E-state index in [1.54, 1.807) is 26.0 Å². The highest BCUT2D eigenvalue weighted by Gasteiger charge is 2.27. The summed E-state index contributed by atoms with van der Waals surface area (Å²) in [7, 11) is 0. The van der Waals surface area contributed by atoms with Crippen LogP contribution in [0.4, 0.5) is 18.9 Å². The molecule has 90 valence electrons. The Labute approximate surface area is 92.2 Å². The van der Waals surface area contributed by atoms with Gasteiger partial charge in [0.25, 0.3) is 0 Å². The Morgan fingerprint density at radius 2 is 1.88 bits per heavy atom. The molecule has 0 amide bonds. The molecule has 0 saturated heterocycles. The molecule has 0 aliphatic rings. The van der Waals surface area contributed by atoms with Gasteiger partial charge in [0, 0.05) is 11.3 Å². The average molecular weight is 233 g/mol. The maximum atomic E-state index is 11.9. The van der Waals surface area contributed by atoms with E-state index in [4.69, 9.17) is 10.5 Å². The number of hydrogen-bond acceptors (Lipinski definition) is 2. The van der Waals surface area contributed by atoms with E-state index in [9.17, 15) is 13.2 Å². The first kappa shape index (κ1) is 12.7. The summed E-state index contributed by atoms with van der Waals surface area (Å²) in [6.45, 7) is 3.12. The number of anilines is 1. The van der Waals surface area contributed by atoms with E-state index < -0.39 is 12.6 Å². The molecule has 0 bridgehead atoms. The van der Waals surface area contributed by atoms with Crippen LogP contribution in [-0.4, -0.2) is 12.8 Å². The lowest BCUT2D eigenvalue weighted by Crippen LogP contribution is -2.14. The highest BCUT2D eigenvalue weighted by atomic mass is 19.4. The normalized spacial score (nSPS) is 11.6. The number of aryl methyl sites for hydroxylation is 1. The van der Waals surface area contributed by atoms with E-state index in [0.717, 1.165) is 5.56 Å². The fourth-order valence-electron chi connectivity index (χ4n) is 1.33. The van der Waals surface area contributed by atoms with Crippen molar-refractivity contribution in [2.45, 2.75) is 26.4 Å². The van der Waals surface area contributed by atoms with Crippen LogP contribution in [-0.2, 0) is 0 Å². The zero-order valence-corrected chi connectivity index (χ0v) is 9.19. The summed E-state index contributed by atoms with van der Waals surface area (Å²) in [5.74, 6) is 0.448. The highest BCUT2D eigenvalue weighted by molar-refractivity contribution is 5.56. The SMILES string of the molecule is Cc1ccc(N)c(C)c1OCCC(F)(F)F. The van der Waals surface area contributed by atoms with E-state index in [2.05, 4.69) is 0 Å². The lowest BCUT2D eigenvalue weighted by atomic mass is 10.1. The quantitative estimate of drug-likeness (QED) is 0.813. The molecule has 0 aliphatic carbocycles. The second-order valence-electron chi connectivity index (χ2n) is 3.64. The lowest BCUT2D eigenvalue weighted by molar-refractivity contribution is -0.139. The molecule has 0 atom stereocenters.